The van der Waals surface area contributed by atoms with Crippen LogP contribution in [0.25, 0.3) is 0 Å². The number of benzene rings is 2. The van der Waals surface area contributed by atoms with Gasteiger partial charge in [0.1, 0.15) is 17.6 Å². The van der Waals surface area contributed by atoms with E-state index in [4.69, 9.17) is 9.47 Å². The first-order valence-electron chi connectivity index (χ1n) is 11.8. The van der Waals surface area contributed by atoms with Crippen molar-refractivity contribution in [3.8, 4) is 11.5 Å². The Morgan fingerprint density at radius 2 is 1.84 bits per heavy atom. The monoisotopic (exact) mass is 420 g/mol. The average Bonchev–Trinajstić information content (AvgIpc) is 3.36. The summed E-state index contributed by atoms with van der Waals surface area (Å²) in [6.07, 6.45) is 8.31. The summed E-state index contributed by atoms with van der Waals surface area (Å²) in [4.78, 5) is 12.3. The largest absolute Gasteiger partial charge is 0.490 e. The number of carbonyl (C=O) groups is 1. The Morgan fingerprint density at radius 3 is 2.61 bits per heavy atom. The van der Waals surface area contributed by atoms with Crippen LogP contribution in [0.5, 0.6) is 11.5 Å². The highest BCUT2D eigenvalue weighted by molar-refractivity contribution is 5.82. The van der Waals surface area contributed by atoms with E-state index < -0.39 is 0 Å². The fourth-order valence-electron chi connectivity index (χ4n) is 5.07. The minimum atomic E-state index is 0.00757. The molecule has 0 aromatic heterocycles. The van der Waals surface area contributed by atoms with Crippen molar-refractivity contribution in [1.29, 1.82) is 0 Å². The zero-order valence-electron chi connectivity index (χ0n) is 18.0. The molecule has 0 spiro atoms. The Bertz CT molecular complexity index is 887. The molecule has 2 N–H and O–H groups in total. The predicted octanol–water partition coefficient (Wildman–Crippen LogP) is 4.31. The molecule has 1 aliphatic carbocycles. The molecule has 1 saturated heterocycles. The standard InChI is InChI=1S/C26H32N2O3/c29-26(23-7-4-16-27-23)28-20-9-11-21(12-10-20)30-22-13-15-25-19(17-22)8-14-24(31-25)18-5-2-1-3-6-18/h1-3,5-6,13,15,17,20-21,23-24,27H,4,7-12,14,16H2,(H,28,29). The van der Waals surface area contributed by atoms with Crippen LogP contribution >= 0.6 is 0 Å². The molecular weight excluding hydrogens is 388 g/mol. The molecule has 2 aromatic rings. The predicted molar refractivity (Wildman–Crippen MR) is 120 cm³/mol. The lowest BCUT2D eigenvalue weighted by Gasteiger charge is -2.31. The summed E-state index contributed by atoms with van der Waals surface area (Å²) in [5, 5.41) is 6.51. The number of amides is 1. The molecule has 2 aliphatic heterocycles. The Labute approximate surface area is 184 Å². The number of carbonyl (C=O) groups excluding carboxylic acids is 1. The zero-order chi connectivity index (χ0) is 21.0. The Balaban J connectivity index is 1.12. The maximum absolute atomic E-state index is 12.3. The van der Waals surface area contributed by atoms with E-state index in [0.29, 0.717) is 0 Å². The van der Waals surface area contributed by atoms with Crippen LogP contribution in [-0.2, 0) is 11.2 Å². The summed E-state index contributed by atoms with van der Waals surface area (Å²) in [7, 11) is 0. The average molecular weight is 421 g/mol. The number of rotatable bonds is 5. The van der Waals surface area contributed by atoms with E-state index in [2.05, 4.69) is 47.0 Å². The second-order valence-electron chi connectivity index (χ2n) is 9.07. The van der Waals surface area contributed by atoms with Gasteiger partial charge < -0.3 is 20.1 Å². The number of ether oxygens (including phenoxy) is 2. The van der Waals surface area contributed by atoms with Gasteiger partial charge in [0.05, 0.1) is 12.1 Å². The number of fused-ring (bicyclic) bond motifs is 1. The molecule has 5 nitrogen and oxygen atoms in total. The van der Waals surface area contributed by atoms with Crippen LogP contribution in [0.1, 0.15) is 62.2 Å². The Morgan fingerprint density at radius 1 is 1.00 bits per heavy atom. The lowest BCUT2D eigenvalue weighted by molar-refractivity contribution is -0.123. The lowest BCUT2D eigenvalue weighted by Crippen LogP contribution is -2.47. The summed E-state index contributed by atoms with van der Waals surface area (Å²) in [5.74, 6) is 2.08. The highest BCUT2D eigenvalue weighted by Crippen LogP contribution is 2.37. The molecule has 5 heteroatoms. The van der Waals surface area contributed by atoms with Crippen molar-refractivity contribution >= 4 is 5.91 Å². The van der Waals surface area contributed by atoms with Gasteiger partial charge in [0.25, 0.3) is 0 Å². The quantitative estimate of drug-likeness (QED) is 0.757. The van der Waals surface area contributed by atoms with Gasteiger partial charge >= 0.3 is 0 Å². The smallest absolute Gasteiger partial charge is 0.237 e. The number of hydrogen-bond donors (Lipinski definition) is 2. The molecule has 1 amide bonds. The third kappa shape index (κ3) is 4.87. The maximum atomic E-state index is 12.3. The van der Waals surface area contributed by atoms with Crippen LogP contribution in [0.15, 0.2) is 48.5 Å². The third-order valence-corrected chi connectivity index (χ3v) is 6.85. The van der Waals surface area contributed by atoms with Crippen molar-refractivity contribution in [2.45, 2.75) is 75.7 Å². The molecule has 3 aliphatic rings. The summed E-state index contributed by atoms with van der Waals surface area (Å²) in [6.45, 7) is 0.956. The minimum Gasteiger partial charge on any atom is -0.490 e. The van der Waals surface area contributed by atoms with Gasteiger partial charge in [0.15, 0.2) is 0 Å². The molecule has 0 radical (unpaired) electrons. The van der Waals surface area contributed by atoms with Crippen LogP contribution in [0.2, 0.25) is 0 Å². The van der Waals surface area contributed by atoms with Crippen molar-refractivity contribution in [3.63, 3.8) is 0 Å². The number of hydrogen-bond acceptors (Lipinski definition) is 4. The molecule has 0 bridgehead atoms. The second-order valence-corrected chi connectivity index (χ2v) is 9.07. The molecule has 2 unspecified atom stereocenters. The SMILES string of the molecule is O=C(NC1CCC(Oc2ccc3c(c2)CCC(c2ccccc2)O3)CC1)C1CCCN1. The van der Waals surface area contributed by atoms with Crippen molar-refractivity contribution < 1.29 is 14.3 Å². The number of nitrogens with one attached hydrogen (secondary N) is 2. The van der Waals surface area contributed by atoms with E-state index in [-0.39, 0.29) is 30.2 Å². The van der Waals surface area contributed by atoms with Crippen LogP contribution in [0.4, 0.5) is 0 Å². The van der Waals surface area contributed by atoms with Gasteiger partial charge in [-0.3, -0.25) is 4.79 Å². The van der Waals surface area contributed by atoms with Crippen molar-refractivity contribution in [1.82, 2.24) is 10.6 Å². The summed E-state index contributed by atoms with van der Waals surface area (Å²) in [5.41, 5.74) is 2.47. The van der Waals surface area contributed by atoms with E-state index in [0.717, 1.165) is 69.4 Å². The molecule has 164 valence electrons. The fourth-order valence-corrected chi connectivity index (χ4v) is 5.07. The third-order valence-electron chi connectivity index (χ3n) is 6.85. The molecule has 1 saturated carbocycles. The fraction of sp³-hybridized carbons (Fsp3) is 0.500. The normalized spacial score (nSPS) is 27.7. The Kier molecular flexibility index (Phi) is 6.12. The summed E-state index contributed by atoms with van der Waals surface area (Å²) >= 11 is 0. The van der Waals surface area contributed by atoms with Crippen molar-refractivity contribution in [3.05, 3.63) is 59.7 Å². The molecule has 2 heterocycles. The van der Waals surface area contributed by atoms with Gasteiger partial charge in [-0.2, -0.15) is 0 Å². The van der Waals surface area contributed by atoms with Crippen molar-refractivity contribution in [2.75, 3.05) is 6.54 Å². The Hall–Kier alpha value is -2.53. The van der Waals surface area contributed by atoms with Gasteiger partial charge in [-0.15, -0.1) is 0 Å². The van der Waals surface area contributed by atoms with Crippen molar-refractivity contribution in [2.24, 2.45) is 0 Å². The first kappa shape index (κ1) is 20.4. The first-order chi connectivity index (χ1) is 15.2. The van der Waals surface area contributed by atoms with Crippen LogP contribution in [0.3, 0.4) is 0 Å². The van der Waals surface area contributed by atoms with E-state index in [9.17, 15) is 4.79 Å². The van der Waals surface area contributed by atoms with Gasteiger partial charge in [-0.05, 0) is 87.2 Å². The maximum Gasteiger partial charge on any atom is 0.237 e. The second kappa shape index (κ2) is 9.31. The van der Waals surface area contributed by atoms with E-state index in [1.807, 2.05) is 12.1 Å². The molecule has 2 atom stereocenters. The number of aryl methyl sites for hydroxylation is 1. The first-order valence-corrected chi connectivity index (χ1v) is 11.8. The highest BCUT2D eigenvalue weighted by Gasteiger charge is 2.28. The molecule has 2 fully saturated rings. The van der Waals surface area contributed by atoms with Crippen LogP contribution in [-0.4, -0.2) is 30.6 Å². The lowest BCUT2D eigenvalue weighted by atomic mass is 9.92. The van der Waals surface area contributed by atoms with Crippen LogP contribution < -0.4 is 20.1 Å². The molecule has 5 rings (SSSR count). The van der Waals surface area contributed by atoms with E-state index in [1.165, 1.54) is 11.1 Å². The minimum absolute atomic E-state index is 0.00757. The van der Waals surface area contributed by atoms with Gasteiger partial charge in [0.2, 0.25) is 5.91 Å². The van der Waals surface area contributed by atoms with Gasteiger partial charge in [-0.25, -0.2) is 0 Å². The highest BCUT2D eigenvalue weighted by atomic mass is 16.5. The van der Waals surface area contributed by atoms with E-state index in [1.54, 1.807) is 0 Å². The molecule has 2 aromatic carbocycles. The molecule has 31 heavy (non-hydrogen) atoms. The topological polar surface area (TPSA) is 59.6 Å². The van der Waals surface area contributed by atoms with Gasteiger partial charge in [0, 0.05) is 6.04 Å². The summed E-state index contributed by atoms with van der Waals surface area (Å²) < 4.78 is 12.6. The van der Waals surface area contributed by atoms with Gasteiger partial charge in [-0.1, -0.05) is 30.3 Å². The summed E-state index contributed by atoms with van der Waals surface area (Å²) in [6, 6.07) is 17.0. The van der Waals surface area contributed by atoms with Crippen LogP contribution in [0, 0.1) is 0 Å². The van der Waals surface area contributed by atoms with E-state index >= 15 is 0 Å². The molecular formula is C26H32N2O3. The zero-order valence-corrected chi connectivity index (χ0v) is 18.0.